The second-order valence-corrected chi connectivity index (χ2v) is 6.50. The van der Waals surface area contributed by atoms with Crippen molar-refractivity contribution in [2.75, 3.05) is 5.75 Å². The summed E-state index contributed by atoms with van der Waals surface area (Å²) in [4.78, 5) is 12.9. The summed E-state index contributed by atoms with van der Waals surface area (Å²) in [5.74, 6) is 2.25. The van der Waals surface area contributed by atoms with Gasteiger partial charge in [-0.2, -0.15) is 11.8 Å². The van der Waals surface area contributed by atoms with E-state index in [1.54, 1.807) is 11.3 Å². The molecule has 0 saturated heterocycles. The maximum Gasteiger partial charge on any atom is 0.303 e. The molecule has 100 valence electrons. The number of carboxylic acid groups (broad SMARTS) is 1. The van der Waals surface area contributed by atoms with Crippen LogP contribution in [-0.4, -0.2) is 27.0 Å². The van der Waals surface area contributed by atoms with Gasteiger partial charge in [0.2, 0.25) is 5.89 Å². The third kappa shape index (κ3) is 2.82. The van der Waals surface area contributed by atoms with Gasteiger partial charge < -0.3 is 9.52 Å². The topological polar surface area (TPSA) is 76.2 Å². The molecule has 0 saturated carbocycles. The van der Waals surface area contributed by atoms with Crippen molar-refractivity contribution in [3.8, 4) is 10.8 Å². The number of carboxylic acids is 1. The lowest BCUT2D eigenvalue weighted by atomic mass is 10.2. The van der Waals surface area contributed by atoms with Crippen LogP contribution in [0.25, 0.3) is 10.8 Å². The summed E-state index contributed by atoms with van der Waals surface area (Å²) in [6, 6.07) is 2.11. The Labute approximate surface area is 118 Å². The summed E-state index contributed by atoms with van der Waals surface area (Å²) < 4.78 is 5.52. The lowest BCUT2D eigenvalue weighted by Crippen LogP contribution is -1.97. The summed E-state index contributed by atoms with van der Waals surface area (Å²) in [5.41, 5.74) is 1.36. The number of aliphatic carboxylic acids is 1. The number of thioether (sulfide) groups is 1. The van der Waals surface area contributed by atoms with Gasteiger partial charge in [0.05, 0.1) is 11.3 Å². The molecule has 2 aromatic heterocycles. The van der Waals surface area contributed by atoms with Crippen molar-refractivity contribution in [3.05, 3.63) is 22.4 Å². The van der Waals surface area contributed by atoms with Gasteiger partial charge in [-0.15, -0.1) is 21.5 Å². The van der Waals surface area contributed by atoms with E-state index < -0.39 is 5.97 Å². The number of nitrogens with zero attached hydrogens (tertiary/aromatic N) is 2. The molecule has 0 fully saturated rings. The SMILES string of the molecule is O=C(O)CCc1nnc(-c2cc3c(s2)CCSC3)o1. The molecule has 0 radical (unpaired) electrons. The first-order chi connectivity index (χ1) is 9.22. The van der Waals surface area contributed by atoms with E-state index in [1.807, 2.05) is 11.8 Å². The zero-order valence-corrected chi connectivity index (χ0v) is 11.7. The summed E-state index contributed by atoms with van der Waals surface area (Å²) >= 11 is 3.64. The molecule has 0 bridgehead atoms. The van der Waals surface area contributed by atoms with Crippen molar-refractivity contribution < 1.29 is 14.3 Å². The van der Waals surface area contributed by atoms with E-state index >= 15 is 0 Å². The molecule has 5 nitrogen and oxygen atoms in total. The van der Waals surface area contributed by atoms with Gasteiger partial charge in [0.25, 0.3) is 5.89 Å². The molecule has 0 aromatic carbocycles. The molecule has 0 atom stereocenters. The Morgan fingerprint density at radius 3 is 3.16 bits per heavy atom. The van der Waals surface area contributed by atoms with Crippen LogP contribution < -0.4 is 0 Å². The number of aromatic nitrogens is 2. The van der Waals surface area contributed by atoms with Gasteiger partial charge in [-0.25, -0.2) is 0 Å². The molecule has 1 N–H and O–H groups in total. The van der Waals surface area contributed by atoms with Crippen molar-refractivity contribution in [1.29, 1.82) is 0 Å². The minimum absolute atomic E-state index is 0.0131. The van der Waals surface area contributed by atoms with Crippen LogP contribution in [0.1, 0.15) is 22.8 Å². The van der Waals surface area contributed by atoms with E-state index in [1.165, 1.54) is 16.2 Å². The summed E-state index contributed by atoms with van der Waals surface area (Å²) in [6.45, 7) is 0. The molecule has 0 spiro atoms. The van der Waals surface area contributed by atoms with Gasteiger partial charge in [-0.1, -0.05) is 0 Å². The van der Waals surface area contributed by atoms with Crippen LogP contribution in [-0.2, 0) is 23.4 Å². The highest BCUT2D eigenvalue weighted by Crippen LogP contribution is 2.36. The molecule has 3 heterocycles. The number of hydrogen-bond donors (Lipinski definition) is 1. The number of fused-ring (bicyclic) bond motifs is 1. The fourth-order valence-electron chi connectivity index (χ4n) is 1.92. The number of rotatable bonds is 4. The van der Waals surface area contributed by atoms with Gasteiger partial charge in [0.1, 0.15) is 0 Å². The fraction of sp³-hybridized carbons (Fsp3) is 0.417. The van der Waals surface area contributed by atoms with E-state index in [0.29, 0.717) is 11.8 Å². The fourth-order valence-corrected chi connectivity index (χ4v) is 4.21. The van der Waals surface area contributed by atoms with E-state index in [-0.39, 0.29) is 12.8 Å². The lowest BCUT2D eigenvalue weighted by molar-refractivity contribution is -0.137. The maximum absolute atomic E-state index is 10.5. The molecule has 1 aliphatic heterocycles. The van der Waals surface area contributed by atoms with Gasteiger partial charge in [-0.3, -0.25) is 4.79 Å². The van der Waals surface area contributed by atoms with Crippen molar-refractivity contribution in [2.45, 2.75) is 25.0 Å². The molecular weight excluding hydrogens is 284 g/mol. The molecule has 2 aromatic rings. The number of thiophene rings is 1. The molecule has 0 unspecified atom stereocenters. The van der Waals surface area contributed by atoms with Gasteiger partial charge >= 0.3 is 5.97 Å². The van der Waals surface area contributed by atoms with Crippen LogP contribution in [0.3, 0.4) is 0 Å². The zero-order chi connectivity index (χ0) is 13.2. The molecule has 0 amide bonds. The lowest BCUT2D eigenvalue weighted by Gasteiger charge is -2.08. The van der Waals surface area contributed by atoms with Crippen LogP contribution in [0.4, 0.5) is 0 Å². The Morgan fingerprint density at radius 2 is 2.37 bits per heavy atom. The monoisotopic (exact) mass is 296 g/mol. The van der Waals surface area contributed by atoms with Gasteiger partial charge in [0.15, 0.2) is 0 Å². The van der Waals surface area contributed by atoms with Crippen LogP contribution in [0.15, 0.2) is 10.5 Å². The minimum Gasteiger partial charge on any atom is -0.481 e. The van der Waals surface area contributed by atoms with E-state index in [9.17, 15) is 4.79 Å². The first kappa shape index (κ1) is 12.7. The van der Waals surface area contributed by atoms with Crippen LogP contribution in [0, 0.1) is 0 Å². The highest BCUT2D eigenvalue weighted by molar-refractivity contribution is 7.98. The van der Waals surface area contributed by atoms with E-state index in [2.05, 4.69) is 16.3 Å². The quantitative estimate of drug-likeness (QED) is 0.934. The standard InChI is InChI=1S/C12H12N2O3S2/c15-11(16)2-1-10-13-14-12(17-10)9-5-7-6-18-4-3-8(7)19-9/h5H,1-4,6H2,(H,15,16). The Kier molecular flexibility index (Phi) is 3.56. The second kappa shape index (κ2) is 5.34. The van der Waals surface area contributed by atoms with Gasteiger partial charge in [0, 0.05) is 17.1 Å². The third-order valence-electron chi connectivity index (χ3n) is 2.86. The first-order valence-corrected chi connectivity index (χ1v) is 7.93. The number of carbonyl (C=O) groups is 1. The van der Waals surface area contributed by atoms with Gasteiger partial charge in [-0.05, 0) is 23.8 Å². The van der Waals surface area contributed by atoms with Crippen LogP contribution >= 0.6 is 23.1 Å². The largest absolute Gasteiger partial charge is 0.481 e. The number of hydrogen-bond acceptors (Lipinski definition) is 6. The maximum atomic E-state index is 10.5. The Bertz CT molecular complexity index is 582. The minimum atomic E-state index is -0.858. The Morgan fingerprint density at radius 1 is 1.47 bits per heavy atom. The van der Waals surface area contributed by atoms with Crippen molar-refractivity contribution >= 4 is 29.1 Å². The summed E-state index contributed by atoms with van der Waals surface area (Å²) in [7, 11) is 0. The number of aryl methyl sites for hydroxylation is 2. The Balaban J connectivity index is 1.78. The van der Waals surface area contributed by atoms with Crippen LogP contribution in [0.2, 0.25) is 0 Å². The van der Waals surface area contributed by atoms with Crippen molar-refractivity contribution in [1.82, 2.24) is 10.2 Å². The Hall–Kier alpha value is -1.34. The highest BCUT2D eigenvalue weighted by Gasteiger charge is 2.18. The molecule has 7 heteroatoms. The average Bonchev–Trinajstić information content (AvgIpc) is 3.02. The zero-order valence-electron chi connectivity index (χ0n) is 10.1. The van der Waals surface area contributed by atoms with E-state index in [4.69, 9.17) is 9.52 Å². The molecule has 0 aliphatic carbocycles. The average molecular weight is 296 g/mol. The highest BCUT2D eigenvalue weighted by atomic mass is 32.2. The predicted octanol–water partition coefficient (Wildman–Crippen LogP) is 2.60. The normalized spacial score (nSPS) is 14.3. The molecule has 3 rings (SSSR count). The smallest absolute Gasteiger partial charge is 0.303 e. The summed E-state index contributed by atoms with van der Waals surface area (Å²) in [6.07, 6.45) is 1.40. The van der Waals surface area contributed by atoms with Crippen molar-refractivity contribution in [3.63, 3.8) is 0 Å². The first-order valence-electron chi connectivity index (χ1n) is 5.96. The summed E-state index contributed by atoms with van der Waals surface area (Å²) in [5, 5.41) is 16.5. The van der Waals surface area contributed by atoms with E-state index in [0.717, 1.165) is 17.1 Å². The molecular formula is C12H12N2O3S2. The molecule has 1 aliphatic rings. The van der Waals surface area contributed by atoms with Crippen molar-refractivity contribution in [2.24, 2.45) is 0 Å². The second-order valence-electron chi connectivity index (χ2n) is 4.26. The molecule has 19 heavy (non-hydrogen) atoms. The third-order valence-corrected chi connectivity index (χ3v) is 5.09. The van der Waals surface area contributed by atoms with Crippen LogP contribution in [0.5, 0.6) is 0 Å². The predicted molar refractivity (Wildman–Crippen MR) is 73.4 cm³/mol.